The number of aryl methyl sites for hydroxylation is 1. The molecule has 0 N–H and O–H groups in total. The van der Waals surface area contributed by atoms with Crippen LogP contribution in [0.25, 0.3) is 11.0 Å². The molecule has 1 aromatic heterocycles. The fraction of sp³-hybridized carbons (Fsp3) is 0.475. The number of hydrogen-bond acceptors (Lipinski definition) is 3. The van der Waals surface area contributed by atoms with Crippen LogP contribution in [0.1, 0.15) is 188 Å². The molecule has 4 aliphatic rings. The fourth-order valence-electron chi connectivity index (χ4n) is 12.0. The van der Waals surface area contributed by atoms with Crippen LogP contribution < -0.4 is 26.4 Å². The van der Waals surface area contributed by atoms with Crippen LogP contribution in [0.2, 0.25) is 0 Å². The molecule has 0 saturated heterocycles. The van der Waals surface area contributed by atoms with Crippen molar-refractivity contribution in [1.29, 1.82) is 0 Å². The zero-order chi connectivity index (χ0) is 46.9. The van der Waals surface area contributed by atoms with Crippen molar-refractivity contribution in [1.82, 2.24) is 0 Å². The molecular formula is C61H75BN2O. The molecule has 6 aromatic rings. The number of anilines is 6. The van der Waals surface area contributed by atoms with Gasteiger partial charge in [-0.3, -0.25) is 0 Å². The van der Waals surface area contributed by atoms with Gasteiger partial charge in [-0.05, 0) is 174 Å². The highest BCUT2D eigenvalue weighted by Crippen LogP contribution is 2.55. The van der Waals surface area contributed by atoms with Crippen LogP contribution in [0.3, 0.4) is 0 Å². The summed E-state index contributed by atoms with van der Waals surface area (Å²) >= 11 is 0. The zero-order valence-corrected chi connectivity index (χ0v) is 43.2. The Bertz CT molecular complexity index is 2950. The largest absolute Gasteiger partial charge is 0.468 e. The molecule has 3 nitrogen and oxygen atoms in total. The monoisotopic (exact) mass is 863 g/mol. The number of hydrogen-bond donors (Lipinski definition) is 0. The summed E-state index contributed by atoms with van der Waals surface area (Å²) in [6.45, 7) is 43.0. The molecular weight excluding hydrogens is 787 g/mol. The summed E-state index contributed by atoms with van der Waals surface area (Å²) < 4.78 is 7.66. The molecule has 0 atom stereocenters. The standard InChI is InChI=1S/C61H75BN2O/c1-36-29-42-44(60(15,16)27-25-58(42,11)12)34-48(36)64-50-32-39(57(8,9)10)31-49-52(50)62(54-53(64)41-33-43-45(35-51(41)65-54)61(17,18)28-26-59(43,13)14)46-30-38(56(5,6)7)21-24-47(46)63(49)40-22-19-37(20-23-40)55(2,3)4/h19-24,29-35H,25-28H2,1-18H3. The van der Waals surface area contributed by atoms with Crippen LogP contribution >= 0.6 is 0 Å². The third-order valence-electron chi connectivity index (χ3n) is 16.8. The maximum absolute atomic E-state index is 7.66. The first-order valence-electron chi connectivity index (χ1n) is 24.8. The van der Waals surface area contributed by atoms with Gasteiger partial charge in [-0.2, -0.15) is 0 Å². The van der Waals surface area contributed by atoms with Gasteiger partial charge in [0.2, 0.25) is 0 Å². The highest BCUT2D eigenvalue weighted by molar-refractivity contribution is 7.00. The second-order valence-electron chi connectivity index (χ2n) is 26.5. The van der Waals surface area contributed by atoms with E-state index in [2.05, 4.69) is 213 Å². The lowest BCUT2D eigenvalue weighted by Crippen LogP contribution is -2.61. The number of furan rings is 1. The Balaban J connectivity index is 1.38. The lowest BCUT2D eigenvalue weighted by atomic mass is 9.35. The van der Waals surface area contributed by atoms with Crippen molar-refractivity contribution in [2.24, 2.45) is 0 Å². The third kappa shape index (κ3) is 6.71. The van der Waals surface area contributed by atoms with E-state index in [1.54, 1.807) is 0 Å². The first-order chi connectivity index (χ1) is 30.0. The SMILES string of the molecule is Cc1cc2c(cc1N1c3cc(C(C)(C)C)cc4c3B(c3cc(C(C)(C)C)ccc3N4c3ccc(C(C)(C)C)cc3)c3oc4cc5c(cc4c31)C(C)(C)CCC5(C)C)C(C)(C)CCC2(C)C. The fourth-order valence-corrected chi connectivity index (χ4v) is 12.0. The van der Waals surface area contributed by atoms with Crippen molar-refractivity contribution in [3.8, 4) is 0 Å². The predicted octanol–water partition coefficient (Wildman–Crippen LogP) is 15.4. The molecule has 65 heavy (non-hydrogen) atoms. The van der Waals surface area contributed by atoms with E-state index in [0.29, 0.717) is 0 Å². The molecule has 10 rings (SSSR count). The summed E-state index contributed by atoms with van der Waals surface area (Å²) in [4.78, 5) is 5.27. The lowest BCUT2D eigenvalue weighted by molar-refractivity contribution is 0.332. The number of rotatable bonds is 2. The smallest absolute Gasteiger partial charge is 0.297 e. The first kappa shape index (κ1) is 44.2. The van der Waals surface area contributed by atoms with Gasteiger partial charge in [0.05, 0.1) is 11.3 Å². The van der Waals surface area contributed by atoms with Crippen LogP contribution in [0.5, 0.6) is 0 Å². The van der Waals surface area contributed by atoms with Gasteiger partial charge in [0.1, 0.15) is 5.58 Å². The summed E-state index contributed by atoms with van der Waals surface area (Å²) in [7, 11) is 0. The van der Waals surface area contributed by atoms with Gasteiger partial charge < -0.3 is 14.2 Å². The molecule has 338 valence electrons. The van der Waals surface area contributed by atoms with Crippen molar-refractivity contribution in [2.45, 2.75) is 188 Å². The molecule has 4 heteroatoms. The maximum Gasteiger partial charge on any atom is 0.297 e. The van der Waals surface area contributed by atoms with E-state index in [4.69, 9.17) is 4.42 Å². The van der Waals surface area contributed by atoms with Crippen molar-refractivity contribution in [3.05, 3.63) is 123 Å². The Morgan fingerprint density at radius 3 is 1.49 bits per heavy atom. The zero-order valence-electron chi connectivity index (χ0n) is 43.2. The van der Waals surface area contributed by atoms with Crippen LogP contribution in [-0.4, -0.2) is 6.71 Å². The second kappa shape index (κ2) is 13.7. The minimum absolute atomic E-state index is 0.0398. The molecule has 2 aliphatic carbocycles. The van der Waals surface area contributed by atoms with Crippen LogP contribution in [-0.2, 0) is 37.9 Å². The highest BCUT2D eigenvalue weighted by Gasteiger charge is 2.49. The van der Waals surface area contributed by atoms with Crippen molar-refractivity contribution >= 4 is 68.4 Å². The second-order valence-corrected chi connectivity index (χ2v) is 26.5. The van der Waals surface area contributed by atoms with E-state index in [1.807, 2.05) is 0 Å². The van der Waals surface area contributed by atoms with E-state index in [9.17, 15) is 0 Å². The Labute approximate surface area is 392 Å². The Morgan fingerprint density at radius 1 is 0.477 bits per heavy atom. The topological polar surface area (TPSA) is 19.6 Å². The molecule has 0 saturated carbocycles. The predicted molar refractivity (Wildman–Crippen MR) is 282 cm³/mol. The molecule has 5 aromatic carbocycles. The summed E-state index contributed by atoms with van der Waals surface area (Å²) in [6, 6.07) is 32.0. The van der Waals surface area contributed by atoms with Gasteiger partial charge in [-0.15, -0.1) is 0 Å². The van der Waals surface area contributed by atoms with E-state index >= 15 is 0 Å². The van der Waals surface area contributed by atoms with E-state index in [0.717, 1.165) is 24.1 Å². The Kier molecular flexibility index (Phi) is 9.31. The van der Waals surface area contributed by atoms with Gasteiger partial charge in [0.25, 0.3) is 6.71 Å². The molecule has 0 spiro atoms. The van der Waals surface area contributed by atoms with Crippen LogP contribution in [0.4, 0.5) is 34.1 Å². The molecule has 0 unspecified atom stereocenters. The highest BCUT2D eigenvalue weighted by atomic mass is 16.3. The van der Waals surface area contributed by atoms with Gasteiger partial charge in [0.15, 0.2) is 0 Å². The number of fused-ring (bicyclic) bond motifs is 8. The molecule has 0 bridgehead atoms. The first-order valence-corrected chi connectivity index (χ1v) is 24.8. The quantitative estimate of drug-likeness (QED) is 0.161. The van der Waals surface area contributed by atoms with E-state index in [-0.39, 0.29) is 44.6 Å². The van der Waals surface area contributed by atoms with Gasteiger partial charge in [-0.1, -0.05) is 148 Å². The summed E-state index contributed by atoms with van der Waals surface area (Å²) in [5.41, 5.74) is 23.4. The molecule has 3 heterocycles. The average Bonchev–Trinajstić information content (AvgIpc) is 3.58. The summed E-state index contributed by atoms with van der Waals surface area (Å²) in [6.07, 6.45) is 4.68. The minimum Gasteiger partial charge on any atom is -0.468 e. The van der Waals surface area contributed by atoms with E-state index < -0.39 is 0 Å². The molecule has 0 fully saturated rings. The summed E-state index contributed by atoms with van der Waals surface area (Å²) in [5, 5.41) is 1.23. The summed E-state index contributed by atoms with van der Waals surface area (Å²) in [5.74, 6) is 0. The average molecular weight is 863 g/mol. The van der Waals surface area contributed by atoms with Crippen molar-refractivity contribution < 1.29 is 4.42 Å². The van der Waals surface area contributed by atoms with E-state index in [1.165, 1.54) is 108 Å². The van der Waals surface area contributed by atoms with Crippen LogP contribution in [0, 0.1) is 6.92 Å². The van der Waals surface area contributed by atoms with Gasteiger partial charge in [0, 0.05) is 33.8 Å². The normalized spacial score (nSPS) is 19.1. The number of nitrogens with zero attached hydrogens (tertiary/aromatic N) is 2. The Hall–Kier alpha value is -4.70. The van der Waals surface area contributed by atoms with Crippen molar-refractivity contribution in [2.75, 3.05) is 9.80 Å². The lowest BCUT2D eigenvalue weighted by Gasteiger charge is -2.45. The van der Waals surface area contributed by atoms with Gasteiger partial charge >= 0.3 is 0 Å². The minimum atomic E-state index is -0.116. The Morgan fingerprint density at radius 2 is 0.954 bits per heavy atom. The number of benzene rings is 5. The maximum atomic E-state index is 7.66. The molecule has 0 amide bonds. The van der Waals surface area contributed by atoms with Crippen molar-refractivity contribution in [3.63, 3.8) is 0 Å². The van der Waals surface area contributed by atoms with Crippen LogP contribution in [0.15, 0.2) is 83.3 Å². The molecule has 0 radical (unpaired) electrons. The third-order valence-corrected chi connectivity index (χ3v) is 16.8. The molecule has 2 aliphatic heterocycles. The van der Waals surface area contributed by atoms with Gasteiger partial charge in [-0.25, -0.2) is 0 Å².